The predicted octanol–water partition coefficient (Wildman–Crippen LogP) is 4.04. The van der Waals surface area contributed by atoms with Crippen LogP contribution in [-0.4, -0.2) is 17.7 Å². The van der Waals surface area contributed by atoms with Crippen molar-refractivity contribution in [1.29, 1.82) is 0 Å². The molecule has 19 heavy (non-hydrogen) atoms. The second-order valence-electron chi connectivity index (χ2n) is 5.46. The Morgan fingerprint density at radius 1 is 1.47 bits per heavy atom. The second kappa shape index (κ2) is 6.37. The highest BCUT2D eigenvalue weighted by Crippen LogP contribution is 2.19. The number of hydrogen-bond donors (Lipinski definition) is 1. The van der Waals surface area contributed by atoms with E-state index in [4.69, 9.17) is 4.74 Å². The van der Waals surface area contributed by atoms with E-state index < -0.39 is 11.7 Å². The van der Waals surface area contributed by atoms with Gasteiger partial charge < -0.3 is 10.1 Å². The minimum atomic E-state index is -0.537. The molecule has 0 aliphatic carbocycles. The maximum atomic E-state index is 13.8. The number of rotatable bonds is 3. The number of benzene rings is 1. The Bertz CT molecular complexity index is 457. The molecule has 0 aliphatic rings. The summed E-state index contributed by atoms with van der Waals surface area (Å²) < 4.78 is 19.4. The molecule has 1 amide bonds. The molecule has 3 nitrogen and oxygen atoms in total. The molecule has 0 spiro atoms. The fourth-order valence-electron chi connectivity index (χ4n) is 1.60. The van der Waals surface area contributed by atoms with Gasteiger partial charge >= 0.3 is 6.09 Å². The van der Waals surface area contributed by atoms with Crippen molar-refractivity contribution in [2.24, 2.45) is 0 Å². The van der Waals surface area contributed by atoms with Crippen molar-refractivity contribution < 1.29 is 13.9 Å². The topological polar surface area (TPSA) is 38.3 Å². The van der Waals surface area contributed by atoms with E-state index in [1.165, 1.54) is 0 Å². The number of alkyl carbamates (subject to hydrolysis) is 1. The lowest BCUT2D eigenvalue weighted by atomic mass is 10.1. The fourth-order valence-corrected chi connectivity index (χ4v) is 2.00. The van der Waals surface area contributed by atoms with E-state index >= 15 is 0 Å². The zero-order valence-electron chi connectivity index (χ0n) is 11.6. The first-order valence-electron chi connectivity index (χ1n) is 6.11. The highest BCUT2D eigenvalue weighted by molar-refractivity contribution is 9.10. The van der Waals surface area contributed by atoms with Crippen LogP contribution in [0.15, 0.2) is 22.7 Å². The monoisotopic (exact) mass is 331 g/mol. The van der Waals surface area contributed by atoms with E-state index in [1.807, 2.05) is 6.92 Å². The van der Waals surface area contributed by atoms with Gasteiger partial charge in [-0.15, -0.1) is 0 Å². The number of carbonyl (C=O) groups is 1. The Morgan fingerprint density at radius 2 is 2.11 bits per heavy atom. The Hall–Kier alpha value is -1.10. The van der Waals surface area contributed by atoms with Gasteiger partial charge in [0.2, 0.25) is 0 Å². The number of halogens is 2. The summed E-state index contributed by atoms with van der Waals surface area (Å²) in [6, 6.07) is 4.90. The molecule has 0 aromatic heterocycles. The van der Waals surface area contributed by atoms with Gasteiger partial charge in [-0.2, -0.15) is 0 Å². The maximum Gasteiger partial charge on any atom is 0.407 e. The third-order valence-electron chi connectivity index (χ3n) is 2.32. The summed E-state index contributed by atoms with van der Waals surface area (Å²) in [4.78, 5) is 11.6. The van der Waals surface area contributed by atoms with Gasteiger partial charge in [0.15, 0.2) is 0 Å². The second-order valence-corrected chi connectivity index (χ2v) is 6.32. The summed E-state index contributed by atoms with van der Waals surface area (Å²) in [5.74, 6) is -0.291. The minimum absolute atomic E-state index is 0.210. The third-order valence-corrected chi connectivity index (χ3v) is 2.93. The molecular weight excluding hydrogens is 313 g/mol. The molecule has 0 saturated heterocycles. The predicted molar refractivity (Wildman–Crippen MR) is 76.6 cm³/mol. The summed E-state index contributed by atoms with van der Waals surface area (Å²) in [5.41, 5.74) is 0.0168. The number of carbonyl (C=O) groups excluding carboxylic acids is 1. The molecule has 106 valence electrons. The zero-order chi connectivity index (χ0) is 14.6. The standard InChI is InChI=1S/C14H19BrFNO2/c1-9(17-13(18)19-14(2,3)4)8-10-6-5-7-11(15)12(10)16/h5-7,9H,8H2,1-4H3,(H,17,18)/t9-/m1/s1. The van der Waals surface area contributed by atoms with Crippen LogP contribution in [0.4, 0.5) is 9.18 Å². The van der Waals surface area contributed by atoms with E-state index in [-0.39, 0.29) is 11.9 Å². The molecule has 0 saturated carbocycles. The lowest BCUT2D eigenvalue weighted by molar-refractivity contribution is 0.0508. The quantitative estimate of drug-likeness (QED) is 0.907. The summed E-state index contributed by atoms with van der Waals surface area (Å²) in [6.07, 6.45) is -0.0831. The van der Waals surface area contributed by atoms with E-state index in [9.17, 15) is 9.18 Å². The van der Waals surface area contributed by atoms with Crippen LogP contribution >= 0.6 is 15.9 Å². The van der Waals surface area contributed by atoms with Gasteiger partial charge in [0.25, 0.3) is 0 Å². The normalized spacial score (nSPS) is 12.9. The van der Waals surface area contributed by atoms with Crippen molar-refractivity contribution in [3.05, 3.63) is 34.1 Å². The van der Waals surface area contributed by atoms with Crippen molar-refractivity contribution in [3.8, 4) is 0 Å². The van der Waals surface area contributed by atoms with Crippen LogP contribution in [0.1, 0.15) is 33.3 Å². The Kier molecular flexibility index (Phi) is 5.35. The smallest absolute Gasteiger partial charge is 0.407 e. The summed E-state index contributed by atoms with van der Waals surface area (Å²) >= 11 is 3.14. The molecule has 0 unspecified atom stereocenters. The highest BCUT2D eigenvalue weighted by atomic mass is 79.9. The van der Waals surface area contributed by atoms with Crippen LogP contribution in [0.2, 0.25) is 0 Å². The van der Waals surface area contributed by atoms with Crippen LogP contribution in [0.5, 0.6) is 0 Å². The first-order valence-corrected chi connectivity index (χ1v) is 6.91. The first-order chi connectivity index (χ1) is 8.69. The molecular formula is C14H19BrFNO2. The average Bonchev–Trinajstić information content (AvgIpc) is 2.21. The van der Waals surface area contributed by atoms with Crippen molar-refractivity contribution in [3.63, 3.8) is 0 Å². The van der Waals surface area contributed by atoms with E-state index in [0.717, 1.165) is 0 Å². The lowest BCUT2D eigenvalue weighted by Gasteiger charge is -2.22. The third kappa shape index (κ3) is 5.59. The van der Waals surface area contributed by atoms with Gasteiger partial charge in [0, 0.05) is 6.04 Å². The van der Waals surface area contributed by atoms with Gasteiger partial charge in [-0.25, -0.2) is 9.18 Å². The maximum absolute atomic E-state index is 13.8. The fraction of sp³-hybridized carbons (Fsp3) is 0.500. The van der Waals surface area contributed by atoms with E-state index in [2.05, 4.69) is 21.2 Å². The number of hydrogen-bond acceptors (Lipinski definition) is 2. The van der Waals surface area contributed by atoms with Crippen LogP contribution in [-0.2, 0) is 11.2 Å². The Morgan fingerprint density at radius 3 is 2.68 bits per heavy atom. The SMILES string of the molecule is C[C@H](Cc1cccc(Br)c1F)NC(=O)OC(C)(C)C. The zero-order valence-corrected chi connectivity index (χ0v) is 13.2. The van der Waals surface area contributed by atoms with Crippen molar-refractivity contribution in [2.45, 2.75) is 45.8 Å². The molecule has 0 fully saturated rings. The van der Waals surface area contributed by atoms with E-state index in [0.29, 0.717) is 16.5 Å². The van der Waals surface area contributed by atoms with Gasteiger partial charge in [0.05, 0.1) is 4.47 Å². The summed E-state index contributed by atoms with van der Waals surface area (Å²) in [6.45, 7) is 7.20. The van der Waals surface area contributed by atoms with Crippen LogP contribution in [0.25, 0.3) is 0 Å². The first kappa shape index (κ1) is 16.0. The van der Waals surface area contributed by atoms with Gasteiger partial charge in [-0.05, 0) is 61.7 Å². The molecule has 1 rings (SSSR count). The molecule has 1 atom stereocenters. The summed E-state index contributed by atoms with van der Waals surface area (Å²) in [5, 5.41) is 2.69. The van der Waals surface area contributed by atoms with Gasteiger partial charge in [-0.1, -0.05) is 12.1 Å². The molecule has 1 aromatic carbocycles. The largest absolute Gasteiger partial charge is 0.444 e. The van der Waals surface area contributed by atoms with Crippen LogP contribution in [0, 0.1) is 5.82 Å². The Labute approximate surface area is 121 Å². The van der Waals surface area contributed by atoms with Crippen molar-refractivity contribution in [2.75, 3.05) is 0 Å². The van der Waals surface area contributed by atoms with Crippen LogP contribution < -0.4 is 5.32 Å². The number of ether oxygens (including phenoxy) is 1. The van der Waals surface area contributed by atoms with E-state index in [1.54, 1.807) is 39.0 Å². The molecule has 0 aliphatic heterocycles. The molecule has 0 heterocycles. The molecule has 1 aromatic rings. The number of amides is 1. The Balaban J connectivity index is 2.58. The molecule has 1 N–H and O–H groups in total. The van der Waals surface area contributed by atoms with Crippen LogP contribution in [0.3, 0.4) is 0 Å². The molecule has 0 radical (unpaired) electrons. The van der Waals surface area contributed by atoms with Gasteiger partial charge in [0.1, 0.15) is 11.4 Å². The van der Waals surface area contributed by atoms with Crippen molar-refractivity contribution >= 4 is 22.0 Å². The van der Waals surface area contributed by atoms with Crippen molar-refractivity contribution in [1.82, 2.24) is 5.32 Å². The number of nitrogens with one attached hydrogen (secondary N) is 1. The summed E-state index contributed by atoms with van der Waals surface area (Å²) in [7, 11) is 0. The molecule has 0 bridgehead atoms. The highest BCUT2D eigenvalue weighted by Gasteiger charge is 2.18. The molecule has 5 heteroatoms. The lowest BCUT2D eigenvalue weighted by Crippen LogP contribution is -2.38. The minimum Gasteiger partial charge on any atom is -0.444 e. The average molecular weight is 332 g/mol. The van der Waals surface area contributed by atoms with Gasteiger partial charge in [-0.3, -0.25) is 0 Å².